The van der Waals surface area contributed by atoms with Crippen molar-refractivity contribution in [1.29, 1.82) is 5.26 Å². The van der Waals surface area contributed by atoms with Crippen LogP contribution in [-0.2, 0) is 4.74 Å². The van der Waals surface area contributed by atoms with Crippen LogP contribution in [0.5, 0.6) is 0 Å². The molecule has 4 nitrogen and oxygen atoms in total. The molecule has 1 fully saturated rings. The van der Waals surface area contributed by atoms with Crippen molar-refractivity contribution in [3.63, 3.8) is 0 Å². The topological polar surface area (TPSA) is 53.3 Å². The van der Waals surface area contributed by atoms with Crippen molar-refractivity contribution in [2.24, 2.45) is 0 Å². The normalized spacial score (nSPS) is 16.4. The average molecular weight is 210 g/mol. The largest absolute Gasteiger partial charge is 0.447 e. The van der Waals surface area contributed by atoms with Crippen LogP contribution in [0, 0.1) is 11.3 Å². The quantitative estimate of drug-likeness (QED) is 0.671. The van der Waals surface area contributed by atoms with Crippen molar-refractivity contribution in [2.75, 3.05) is 6.54 Å². The Balaban J connectivity index is 2.56. The summed E-state index contributed by atoms with van der Waals surface area (Å²) in [5.41, 5.74) is 0. The SMILES string of the molecule is CC(C)OC(=O)N(CC#N)C1CCCC1. The first-order chi connectivity index (χ1) is 7.15. The van der Waals surface area contributed by atoms with Crippen LogP contribution in [0.15, 0.2) is 0 Å². The molecule has 0 aliphatic heterocycles. The lowest BCUT2D eigenvalue weighted by Crippen LogP contribution is -2.40. The molecule has 15 heavy (non-hydrogen) atoms. The highest BCUT2D eigenvalue weighted by molar-refractivity contribution is 5.68. The van der Waals surface area contributed by atoms with Crippen LogP contribution in [-0.4, -0.2) is 29.7 Å². The minimum Gasteiger partial charge on any atom is -0.447 e. The van der Waals surface area contributed by atoms with Gasteiger partial charge in [-0.1, -0.05) is 12.8 Å². The number of carbonyl (C=O) groups excluding carboxylic acids is 1. The van der Waals surface area contributed by atoms with E-state index in [0.29, 0.717) is 0 Å². The zero-order valence-electron chi connectivity index (χ0n) is 9.40. The molecule has 0 saturated heterocycles. The summed E-state index contributed by atoms with van der Waals surface area (Å²) < 4.78 is 5.11. The molecule has 0 aromatic carbocycles. The fourth-order valence-corrected chi connectivity index (χ4v) is 1.90. The van der Waals surface area contributed by atoms with Crippen LogP contribution in [0.1, 0.15) is 39.5 Å². The van der Waals surface area contributed by atoms with Crippen LogP contribution in [0.25, 0.3) is 0 Å². The van der Waals surface area contributed by atoms with Crippen LogP contribution >= 0.6 is 0 Å². The average Bonchev–Trinajstić information content (AvgIpc) is 2.65. The molecule has 0 spiro atoms. The second-order valence-corrected chi connectivity index (χ2v) is 4.16. The standard InChI is InChI=1S/C11H18N2O2/c1-9(2)15-11(14)13(8-7-12)10-5-3-4-6-10/h9-10H,3-6,8H2,1-2H3. The van der Waals surface area contributed by atoms with Gasteiger partial charge in [0, 0.05) is 6.04 Å². The molecule has 0 N–H and O–H groups in total. The van der Waals surface area contributed by atoms with Gasteiger partial charge in [-0.3, -0.25) is 4.90 Å². The molecule has 1 aliphatic carbocycles. The van der Waals surface area contributed by atoms with Crippen LogP contribution in [0.4, 0.5) is 4.79 Å². The summed E-state index contributed by atoms with van der Waals surface area (Å²) >= 11 is 0. The molecule has 4 heteroatoms. The zero-order chi connectivity index (χ0) is 11.3. The predicted octanol–water partition coefficient (Wildman–Crippen LogP) is 2.30. The highest BCUT2D eigenvalue weighted by Crippen LogP contribution is 2.23. The Bertz CT molecular complexity index is 252. The van der Waals surface area contributed by atoms with Crippen molar-refractivity contribution in [2.45, 2.75) is 51.7 Å². The van der Waals surface area contributed by atoms with E-state index in [-0.39, 0.29) is 24.8 Å². The van der Waals surface area contributed by atoms with Gasteiger partial charge >= 0.3 is 6.09 Å². The van der Waals surface area contributed by atoms with Gasteiger partial charge in [0.05, 0.1) is 12.2 Å². The van der Waals surface area contributed by atoms with Crippen molar-refractivity contribution < 1.29 is 9.53 Å². The summed E-state index contributed by atoms with van der Waals surface area (Å²) in [5.74, 6) is 0. The monoisotopic (exact) mass is 210 g/mol. The summed E-state index contributed by atoms with van der Waals surface area (Å²) in [6.07, 6.45) is 3.80. The van der Waals surface area contributed by atoms with Gasteiger partial charge in [0.25, 0.3) is 0 Å². The molecule has 84 valence electrons. The van der Waals surface area contributed by atoms with E-state index in [4.69, 9.17) is 10.00 Å². The number of nitrogens with zero attached hydrogens (tertiary/aromatic N) is 2. The third kappa shape index (κ3) is 3.43. The maximum Gasteiger partial charge on any atom is 0.411 e. The number of hydrogen-bond acceptors (Lipinski definition) is 3. The van der Waals surface area contributed by atoms with E-state index in [9.17, 15) is 4.79 Å². The second-order valence-electron chi connectivity index (χ2n) is 4.16. The van der Waals surface area contributed by atoms with Crippen molar-refractivity contribution >= 4 is 6.09 Å². The fraction of sp³-hybridized carbons (Fsp3) is 0.818. The summed E-state index contributed by atoms with van der Waals surface area (Å²) in [6.45, 7) is 3.77. The molecule has 0 aromatic heterocycles. The van der Waals surface area contributed by atoms with E-state index in [0.717, 1.165) is 25.7 Å². The minimum absolute atomic E-state index is 0.125. The summed E-state index contributed by atoms with van der Waals surface area (Å²) in [5, 5.41) is 8.68. The van der Waals surface area contributed by atoms with E-state index in [2.05, 4.69) is 0 Å². The van der Waals surface area contributed by atoms with Crippen LogP contribution in [0.3, 0.4) is 0 Å². The maximum atomic E-state index is 11.7. The van der Waals surface area contributed by atoms with Crippen molar-refractivity contribution in [3.05, 3.63) is 0 Å². The van der Waals surface area contributed by atoms with E-state index < -0.39 is 0 Å². The van der Waals surface area contributed by atoms with E-state index >= 15 is 0 Å². The first-order valence-electron chi connectivity index (χ1n) is 5.49. The number of rotatable bonds is 3. The van der Waals surface area contributed by atoms with Crippen LogP contribution in [0.2, 0.25) is 0 Å². The van der Waals surface area contributed by atoms with Gasteiger partial charge in [-0.25, -0.2) is 4.79 Å². The number of hydrogen-bond donors (Lipinski definition) is 0. The van der Waals surface area contributed by atoms with Gasteiger partial charge in [-0.15, -0.1) is 0 Å². The fourth-order valence-electron chi connectivity index (χ4n) is 1.90. The molecule has 0 aromatic rings. The number of carbonyl (C=O) groups is 1. The first kappa shape index (κ1) is 11.8. The minimum atomic E-state index is -0.349. The van der Waals surface area contributed by atoms with Gasteiger partial charge in [0.1, 0.15) is 6.54 Å². The van der Waals surface area contributed by atoms with Gasteiger partial charge in [0.2, 0.25) is 0 Å². The predicted molar refractivity (Wildman–Crippen MR) is 56.2 cm³/mol. The highest BCUT2D eigenvalue weighted by atomic mass is 16.6. The smallest absolute Gasteiger partial charge is 0.411 e. The van der Waals surface area contributed by atoms with Crippen LogP contribution < -0.4 is 0 Å². The lowest BCUT2D eigenvalue weighted by Gasteiger charge is -2.26. The second kappa shape index (κ2) is 5.59. The molecule has 1 rings (SSSR count). The van der Waals surface area contributed by atoms with Gasteiger partial charge in [0.15, 0.2) is 0 Å². The molecular formula is C11H18N2O2. The van der Waals surface area contributed by atoms with Crippen molar-refractivity contribution in [3.8, 4) is 6.07 Å². The molecular weight excluding hydrogens is 192 g/mol. The molecule has 1 saturated carbocycles. The maximum absolute atomic E-state index is 11.7. The van der Waals surface area contributed by atoms with Gasteiger partial charge < -0.3 is 4.74 Å². The van der Waals surface area contributed by atoms with Gasteiger partial charge in [-0.05, 0) is 26.7 Å². The Morgan fingerprint density at radius 3 is 2.60 bits per heavy atom. The molecule has 0 unspecified atom stereocenters. The molecule has 1 aliphatic rings. The molecule has 1 amide bonds. The Morgan fingerprint density at radius 2 is 2.13 bits per heavy atom. The zero-order valence-corrected chi connectivity index (χ0v) is 9.40. The van der Waals surface area contributed by atoms with E-state index in [1.54, 1.807) is 4.90 Å². The van der Waals surface area contributed by atoms with E-state index in [1.807, 2.05) is 19.9 Å². The molecule has 0 heterocycles. The van der Waals surface area contributed by atoms with Gasteiger partial charge in [-0.2, -0.15) is 5.26 Å². The number of ether oxygens (including phenoxy) is 1. The van der Waals surface area contributed by atoms with Crippen molar-refractivity contribution in [1.82, 2.24) is 4.90 Å². The first-order valence-corrected chi connectivity index (χ1v) is 5.49. The third-order valence-electron chi connectivity index (χ3n) is 2.58. The number of nitriles is 1. The Hall–Kier alpha value is -1.24. The summed E-state index contributed by atoms with van der Waals surface area (Å²) in [6, 6.07) is 2.23. The third-order valence-corrected chi connectivity index (χ3v) is 2.58. The van der Waals surface area contributed by atoms with E-state index in [1.165, 1.54) is 0 Å². The Labute approximate surface area is 90.8 Å². The molecule has 0 radical (unpaired) electrons. The Morgan fingerprint density at radius 1 is 1.53 bits per heavy atom. The molecule has 0 bridgehead atoms. The summed E-state index contributed by atoms with van der Waals surface area (Å²) in [7, 11) is 0. The summed E-state index contributed by atoms with van der Waals surface area (Å²) in [4.78, 5) is 13.2. The molecule has 0 atom stereocenters. The highest BCUT2D eigenvalue weighted by Gasteiger charge is 2.27. The number of amides is 1. The lowest BCUT2D eigenvalue weighted by atomic mass is 10.2. The lowest BCUT2D eigenvalue weighted by molar-refractivity contribution is 0.0685. The Kier molecular flexibility index (Phi) is 4.41.